The normalized spacial score (nSPS) is 10.5. The van der Waals surface area contributed by atoms with Crippen LogP contribution in [0.1, 0.15) is 11.1 Å². The Morgan fingerprint density at radius 2 is 1.65 bits per heavy atom. The smallest absolute Gasteiger partial charge is 0.313 e. The van der Waals surface area contributed by atoms with E-state index in [1.165, 1.54) is 43.4 Å². The van der Waals surface area contributed by atoms with Crippen LogP contribution in [-0.4, -0.2) is 24.0 Å². The molecular weight excluding hydrogens is 446 g/mol. The van der Waals surface area contributed by atoms with Gasteiger partial charge in [-0.25, -0.2) is 4.39 Å². The van der Waals surface area contributed by atoms with Gasteiger partial charge in [0.05, 0.1) is 10.0 Å². The van der Waals surface area contributed by atoms with E-state index in [0.717, 1.165) is 5.56 Å². The van der Waals surface area contributed by atoms with Gasteiger partial charge in [0.25, 0.3) is 0 Å². The summed E-state index contributed by atoms with van der Waals surface area (Å²) >= 11 is 12.5. The molecule has 6 nitrogen and oxygen atoms in total. The second-order valence-electron chi connectivity index (χ2n) is 6.50. The number of rotatable bonds is 5. The first-order chi connectivity index (χ1) is 14.8. The summed E-state index contributed by atoms with van der Waals surface area (Å²) in [6.45, 7) is 0. The first-order valence-electron chi connectivity index (χ1n) is 9.03. The van der Waals surface area contributed by atoms with Crippen LogP contribution in [-0.2, 0) is 16.0 Å². The summed E-state index contributed by atoms with van der Waals surface area (Å²) in [5.74, 6) is -1.47. The number of ether oxygens (including phenoxy) is 1. The number of nitrogens with one attached hydrogen (secondary N) is 2. The summed E-state index contributed by atoms with van der Waals surface area (Å²) in [4.78, 5) is 23.0. The Hall–Kier alpha value is -3.29. The molecule has 3 aromatic rings. The number of hydrogen-bond acceptors (Lipinski definition) is 4. The summed E-state index contributed by atoms with van der Waals surface area (Å²) in [5, 5.41) is 15.0. The maximum atomic E-state index is 13.1. The molecule has 0 aliphatic heterocycles. The van der Waals surface area contributed by atoms with Crippen LogP contribution in [0, 0.1) is 5.82 Å². The van der Waals surface area contributed by atoms with E-state index < -0.39 is 11.8 Å². The van der Waals surface area contributed by atoms with E-state index in [1.54, 1.807) is 18.2 Å². The van der Waals surface area contributed by atoms with Gasteiger partial charge < -0.3 is 20.5 Å². The zero-order valence-corrected chi connectivity index (χ0v) is 17.7. The lowest BCUT2D eigenvalue weighted by Crippen LogP contribution is -2.32. The highest BCUT2D eigenvalue weighted by molar-refractivity contribution is 6.41. The van der Waals surface area contributed by atoms with Crippen LogP contribution in [0.15, 0.2) is 54.6 Å². The molecule has 0 aromatic heterocycles. The Morgan fingerprint density at radius 1 is 1.00 bits per heavy atom. The fourth-order valence-corrected chi connectivity index (χ4v) is 3.30. The van der Waals surface area contributed by atoms with E-state index in [9.17, 15) is 19.1 Å². The number of anilines is 1. The number of amides is 2. The third kappa shape index (κ3) is 5.65. The van der Waals surface area contributed by atoms with Crippen molar-refractivity contribution in [3.63, 3.8) is 0 Å². The summed E-state index contributed by atoms with van der Waals surface area (Å²) in [6, 6.07) is 13.3. The lowest BCUT2D eigenvalue weighted by molar-refractivity contribution is -0.135. The lowest BCUT2D eigenvalue weighted by atomic mass is 10.0. The molecule has 0 saturated carbocycles. The first kappa shape index (κ1) is 22.4. The zero-order chi connectivity index (χ0) is 22.5. The van der Waals surface area contributed by atoms with Gasteiger partial charge in [0.1, 0.15) is 17.3 Å². The van der Waals surface area contributed by atoms with Gasteiger partial charge in [-0.05, 0) is 48.0 Å². The topological polar surface area (TPSA) is 87.7 Å². The highest BCUT2D eigenvalue weighted by Crippen LogP contribution is 2.39. The van der Waals surface area contributed by atoms with E-state index in [4.69, 9.17) is 27.9 Å². The third-order valence-corrected chi connectivity index (χ3v) is 4.83. The molecule has 31 heavy (non-hydrogen) atoms. The summed E-state index contributed by atoms with van der Waals surface area (Å²) < 4.78 is 18.9. The summed E-state index contributed by atoms with van der Waals surface area (Å²) in [6.07, 6.45) is 0.356. The molecule has 0 bridgehead atoms. The fraction of sp³-hybridized carbons (Fsp3) is 0.0909. The van der Waals surface area contributed by atoms with Crippen LogP contribution in [0.5, 0.6) is 17.2 Å². The maximum Gasteiger partial charge on any atom is 0.313 e. The molecule has 0 aliphatic rings. The van der Waals surface area contributed by atoms with Gasteiger partial charge in [0.15, 0.2) is 5.75 Å². The van der Waals surface area contributed by atoms with Crippen molar-refractivity contribution in [2.75, 3.05) is 12.4 Å². The molecular formula is C22H17Cl2FN2O4. The van der Waals surface area contributed by atoms with Crippen molar-refractivity contribution in [2.24, 2.45) is 0 Å². The molecule has 0 spiro atoms. The fourth-order valence-electron chi connectivity index (χ4n) is 2.74. The van der Waals surface area contributed by atoms with Crippen LogP contribution in [0.2, 0.25) is 10.0 Å². The SMILES string of the molecule is CNC(=O)C(=O)Nc1cc(Cl)c(Oc2ccc(O)c(Cc3ccc(F)cc3)c2)c(Cl)c1. The number of halogens is 3. The average molecular weight is 463 g/mol. The van der Waals surface area contributed by atoms with Gasteiger partial charge in [-0.3, -0.25) is 9.59 Å². The summed E-state index contributed by atoms with van der Waals surface area (Å²) in [7, 11) is 1.33. The van der Waals surface area contributed by atoms with Crippen molar-refractivity contribution >= 4 is 40.7 Å². The molecule has 3 aromatic carbocycles. The zero-order valence-electron chi connectivity index (χ0n) is 16.2. The molecule has 0 aliphatic carbocycles. The molecule has 0 unspecified atom stereocenters. The number of carbonyl (C=O) groups is 2. The van der Waals surface area contributed by atoms with Gasteiger partial charge in [-0.1, -0.05) is 35.3 Å². The molecule has 160 valence electrons. The van der Waals surface area contributed by atoms with Gasteiger partial charge in [0.2, 0.25) is 0 Å². The molecule has 3 rings (SSSR count). The van der Waals surface area contributed by atoms with Gasteiger partial charge >= 0.3 is 11.8 Å². The quantitative estimate of drug-likeness (QED) is 0.470. The van der Waals surface area contributed by atoms with Crippen LogP contribution < -0.4 is 15.4 Å². The van der Waals surface area contributed by atoms with Crippen molar-refractivity contribution in [1.82, 2.24) is 5.32 Å². The predicted molar refractivity (Wildman–Crippen MR) is 117 cm³/mol. The molecule has 0 fully saturated rings. The van der Waals surface area contributed by atoms with Crippen LogP contribution in [0.3, 0.4) is 0 Å². The number of hydrogen-bond donors (Lipinski definition) is 3. The average Bonchev–Trinajstić information content (AvgIpc) is 2.74. The Bertz CT molecular complexity index is 1110. The molecule has 9 heteroatoms. The van der Waals surface area contributed by atoms with E-state index >= 15 is 0 Å². The standard InChI is InChI=1S/C22H17Cl2FN2O4/c1-26-21(29)22(30)27-15-10-17(23)20(18(24)11-15)31-16-6-7-19(28)13(9-16)8-12-2-4-14(25)5-3-12/h2-7,9-11,28H,8H2,1H3,(H,26,29)(H,27,30). The monoisotopic (exact) mass is 462 g/mol. The molecule has 0 saturated heterocycles. The van der Waals surface area contributed by atoms with Crippen molar-refractivity contribution < 1.29 is 23.8 Å². The Kier molecular flexibility index (Phi) is 6.99. The molecule has 0 heterocycles. The number of benzene rings is 3. The van der Waals surface area contributed by atoms with Gasteiger partial charge in [-0.15, -0.1) is 0 Å². The molecule has 0 radical (unpaired) electrons. The molecule has 2 amide bonds. The lowest BCUT2D eigenvalue weighted by Gasteiger charge is -2.13. The van der Waals surface area contributed by atoms with Gasteiger partial charge in [0, 0.05) is 24.7 Å². The second kappa shape index (κ2) is 9.68. The minimum Gasteiger partial charge on any atom is -0.508 e. The maximum absolute atomic E-state index is 13.1. The summed E-state index contributed by atoms with van der Waals surface area (Å²) in [5.41, 5.74) is 1.59. The van der Waals surface area contributed by atoms with Crippen LogP contribution in [0.25, 0.3) is 0 Å². The minimum absolute atomic E-state index is 0.0566. The van der Waals surface area contributed by atoms with Crippen molar-refractivity contribution in [1.29, 1.82) is 0 Å². The largest absolute Gasteiger partial charge is 0.508 e. The number of phenols is 1. The highest BCUT2D eigenvalue weighted by atomic mass is 35.5. The Morgan fingerprint density at radius 3 is 2.26 bits per heavy atom. The van der Waals surface area contributed by atoms with Gasteiger partial charge in [-0.2, -0.15) is 0 Å². The first-order valence-corrected chi connectivity index (χ1v) is 9.78. The third-order valence-electron chi connectivity index (χ3n) is 4.27. The highest BCUT2D eigenvalue weighted by Gasteiger charge is 2.16. The van der Waals surface area contributed by atoms with Crippen molar-refractivity contribution in [3.05, 3.63) is 81.6 Å². The Balaban J connectivity index is 1.81. The Labute approximate surface area is 187 Å². The van der Waals surface area contributed by atoms with Crippen LogP contribution in [0.4, 0.5) is 10.1 Å². The second-order valence-corrected chi connectivity index (χ2v) is 7.31. The number of phenolic OH excluding ortho intramolecular Hbond substituents is 1. The molecule has 3 N–H and O–H groups in total. The number of carbonyl (C=O) groups excluding carboxylic acids is 2. The number of likely N-dealkylation sites (N-methyl/N-ethyl adjacent to an activating group) is 1. The molecule has 0 atom stereocenters. The van der Waals surface area contributed by atoms with E-state index in [1.807, 2.05) is 0 Å². The van der Waals surface area contributed by atoms with Crippen molar-refractivity contribution in [2.45, 2.75) is 6.42 Å². The van der Waals surface area contributed by atoms with E-state index in [2.05, 4.69) is 10.6 Å². The van der Waals surface area contributed by atoms with Crippen molar-refractivity contribution in [3.8, 4) is 17.2 Å². The van der Waals surface area contributed by atoms with E-state index in [0.29, 0.717) is 17.7 Å². The minimum atomic E-state index is -0.868. The van der Waals surface area contributed by atoms with E-state index in [-0.39, 0.29) is 33.0 Å². The number of aromatic hydroxyl groups is 1. The predicted octanol–water partition coefficient (Wildman–Crippen LogP) is 4.91. The van der Waals surface area contributed by atoms with Crippen LogP contribution >= 0.6 is 23.2 Å².